The smallest absolute Gasteiger partial charge is 0.307 e. The van der Waals surface area contributed by atoms with Crippen molar-refractivity contribution in [3.05, 3.63) is 0 Å². The van der Waals surface area contributed by atoms with E-state index in [1.54, 1.807) is 0 Å². The third-order valence-electron chi connectivity index (χ3n) is 3.82. The van der Waals surface area contributed by atoms with E-state index in [0.717, 1.165) is 32.6 Å². The maximum atomic E-state index is 11.7. The Bertz CT molecular complexity index is 332. The lowest BCUT2D eigenvalue weighted by Gasteiger charge is -2.24. The van der Waals surface area contributed by atoms with Crippen LogP contribution in [-0.4, -0.2) is 85.7 Å². The summed E-state index contributed by atoms with van der Waals surface area (Å²) in [7, 11) is 0. The largest absolute Gasteiger partial charge is 0.465 e. The third kappa shape index (κ3) is 14.4. The van der Waals surface area contributed by atoms with E-state index in [4.69, 9.17) is 9.47 Å². The molecule has 0 aliphatic carbocycles. The average molecular weight is 395 g/mol. The van der Waals surface area contributed by atoms with E-state index in [-0.39, 0.29) is 11.9 Å². The van der Waals surface area contributed by atoms with Gasteiger partial charge in [0.15, 0.2) is 0 Å². The standard InChI is InChI=1S/C17H34N2O4S2/c1-3-18(4-2)8-5-9-19(10-6-16(20)22-12-14-24)11-7-17(21)23-13-15-25/h24-25H,3-15H2,1-2H3. The Kier molecular flexibility index (Phi) is 16.7. The van der Waals surface area contributed by atoms with Crippen molar-refractivity contribution in [3.8, 4) is 0 Å². The summed E-state index contributed by atoms with van der Waals surface area (Å²) >= 11 is 8.04. The monoisotopic (exact) mass is 394 g/mol. The van der Waals surface area contributed by atoms with Crippen LogP contribution in [0.5, 0.6) is 0 Å². The highest BCUT2D eigenvalue weighted by Crippen LogP contribution is 2.01. The fourth-order valence-corrected chi connectivity index (χ4v) is 2.54. The number of nitrogens with zero attached hydrogens (tertiary/aromatic N) is 2. The van der Waals surface area contributed by atoms with Gasteiger partial charge in [-0.1, -0.05) is 13.8 Å². The lowest BCUT2D eigenvalue weighted by molar-refractivity contribution is -0.143. The molecule has 0 saturated carbocycles. The van der Waals surface area contributed by atoms with Crippen molar-refractivity contribution >= 4 is 37.2 Å². The zero-order valence-corrected chi connectivity index (χ0v) is 17.4. The zero-order valence-electron chi connectivity index (χ0n) is 15.6. The van der Waals surface area contributed by atoms with Crippen LogP contribution < -0.4 is 0 Å². The van der Waals surface area contributed by atoms with Gasteiger partial charge in [0.05, 0.1) is 12.8 Å². The molecule has 0 atom stereocenters. The number of rotatable bonds is 16. The Hall–Kier alpha value is -0.440. The van der Waals surface area contributed by atoms with Crippen LogP contribution in [0.3, 0.4) is 0 Å². The van der Waals surface area contributed by atoms with Crippen LogP contribution >= 0.6 is 25.3 Å². The van der Waals surface area contributed by atoms with Gasteiger partial charge >= 0.3 is 11.9 Å². The molecule has 8 heteroatoms. The Balaban J connectivity index is 4.28. The first-order valence-electron chi connectivity index (χ1n) is 9.04. The zero-order chi connectivity index (χ0) is 18.9. The predicted molar refractivity (Wildman–Crippen MR) is 108 cm³/mol. The van der Waals surface area contributed by atoms with Gasteiger partial charge in [0, 0.05) is 24.6 Å². The summed E-state index contributed by atoms with van der Waals surface area (Å²) in [6.45, 7) is 10.1. The molecule has 0 heterocycles. The molecule has 0 radical (unpaired) electrons. The Morgan fingerprint density at radius 2 is 1.20 bits per heavy atom. The van der Waals surface area contributed by atoms with Crippen molar-refractivity contribution in [1.82, 2.24) is 9.80 Å². The molecule has 0 aliphatic heterocycles. The van der Waals surface area contributed by atoms with E-state index in [0.29, 0.717) is 50.7 Å². The van der Waals surface area contributed by atoms with Gasteiger partial charge in [-0.05, 0) is 32.6 Å². The van der Waals surface area contributed by atoms with Crippen molar-refractivity contribution in [3.63, 3.8) is 0 Å². The van der Waals surface area contributed by atoms with Crippen molar-refractivity contribution in [2.24, 2.45) is 0 Å². The third-order valence-corrected chi connectivity index (χ3v) is 4.18. The van der Waals surface area contributed by atoms with Crippen molar-refractivity contribution in [2.75, 3.05) is 64.0 Å². The van der Waals surface area contributed by atoms with Gasteiger partial charge in [-0.2, -0.15) is 25.3 Å². The molecule has 25 heavy (non-hydrogen) atoms. The number of carbonyl (C=O) groups excluding carboxylic acids is 2. The minimum atomic E-state index is -0.222. The Morgan fingerprint density at radius 3 is 1.60 bits per heavy atom. The van der Waals surface area contributed by atoms with Crippen molar-refractivity contribution in [2.45, 2.75) is 33.1 Å². The highest BCUT2D eigenvalue weighted by atomic mass is 32.1. The summed E-state index contributed by atoms with van der Waals surface area (Å²) in [5, 5.41) is 0. The highest BCUT2D eigenvalue weighted by molar-refractivity contribution is 7.80. The summed E-state index contributed by atoms with van der Waals surface area (Å²) in [6, 6.07) is 0. The van der Waals surface area contributed by atoms with E-state index < -0.39 is 0 Å². The maximum Gasteiger partial charge on any atom is 0.307 e. The molecule has 0 saturated heterocycles. The van der Waals surface area contributed by atoms with Crippen LogP contribution in [0.25, 0.3) is 0 Å². The average Bonchev–Trinajstić information content (AvgIpc) is 2.63. The number of ether oxygens (including phenoxy) is 2. The topological polar surface area (TPSA) is 59.1 Å². The van der Waals surface area contributed by atoms with E-state index in [9.17, 15) is 9.59 Å². The summed E-state index contributed by atoms with van der Waals surface area (Å²) in [4.78, 5) is 27.8. The predicted octanol–water partition coefficient (Wildman–Crippen LogP) is 1.75. The van der Waals surface area contributed by atoms with Crippen molar-refractivity contribution < 1.29 is 19.1 Å². The van der Waals surface area contributed by atoms with Gasteiger partial charge in [-0.3, -0.25) is 9.59 Å². The lowest BCUT2D eigenvalue weighted by Crippen LogP contribution is -2.33. The number of hydrogen-bond acceptors (Lipinski definition) is 8. The molecule has 148 valence electrons. The van der Waals surface area contributed by atoms with E-state index in [1.165, 1.54) is 0 Å². The maximum absolute atomic E-state index is 11.7. The fourth-order valence-electron chi connectivity index (χ4n) is 2.36. The fraction of sp³-hybridized carbons (Fsp3) is 0.882. The molecule has 0 aromatic heterocycles. The molecule has 0 unspecified atom stereocenters. The molecule has 0 bridgehead atoms. The second kappa shape index (κ2) is 17.0. The van der Waals surface area contributed by atoms with Gasteiger partial charge in [-0.15, -0.1) is 0 Å². The minimum absolute atomic E-state index is 0.222. The SMILES string of the molecule is CCN(CC)CCCN(CCC(=O)OCCS)CCC(=O)OCCS. The molecule has 6 nitrogen and oxygen atoms in total. The van der Waals surface area contributed by atoms with Crippen LogP contribution in [0, 0.1) is 0 Å². The first-order chi connectivity index (χ1) is 12.1. The van der Waals surface area contributed by atoms with Crippen LogP contribution in [-0.2, 0) is 19.1 Å². The van der Waals surface area contributed by atoms with E-state index in [2.05, 4.69) is 48.9 Å². The highest BCUT2D eigenvalue weighted by Gasteiger charge is 2.12. The van der Waals surface area contributed by atoms with Crippen LogP contribution in [0.2, 0.25) is 0 Å². The lowest BCUT2D eigenvalue weighted by atomic mass is 10.3. The molecule has 0 N–H and O–H groups in total. The number of carbonyl (C=O) groups is 2. The van der Waals surface area contributed by atoms with Gasteiger partial charge < -0.3 is 19.3 Å². The van der Waals surface area contributed by atoms with Gasteiger partial charge in [0.2, 0.25) is 0 Å². The van der Waals surface area contributed by atoms with E-state index in [1.807, 2.05) is 0 Å². The quantitative estimate of drug-likeness (QED) is 0.307. The van der Waals surface area contributed by atoms with Gasteiger partial charge in [0.25, 0.3) is 0 Å². The Morgan fingerprint density at radius 1 is 0.760 bits per heavy atom. The molecule has 0 amide bonds. The van der Waals surface area contributed by atoms with Gasteiger partial charge in [-0.25, -0.2) is 0 Å². The molecule has 0 aliphatic rings. The first kappa shape index (κ1) is 24.6. The van der Waals surface area contributed by atoms with Crippen LogP contribution in [0.1, 0.15) is 33.1 Å². The van der Waals surface area contributed by atoms with Crippen LogP contribution in [0.15, 0.2) is 0 Å². The summed E-state index contributed by atoms with van der Waals surface area (Å²) < 4.78 is 10.1. The summed E-state index contributed by atoms with van der Waals surface area (Å²) in [5.41, 5.74) is 0. The second-order valence-electron chi connectivity index (χ2n) is 5.61. The summed E-state index contributed by atoms with van der Waals surface area (Å²) in [6.07, 6.45) is 1.65. The molecular weight excluding hydrogens is 360 g/mol. The van der Waals surface area contributed by atoms with Gasteiger partial charge in [0.1, 0.15) is 13.2 Å². The van der Waals surface area contributed by atoms with Crippen molar-refractivity contribution in [1.29, 1.82) is 0 Å². The molecule has 0 aromatic rings. The minimum Gasteiger partial charge on any atom is -0.465 e. The van der Waals surface area contributed by atoms with E-state index >= 15 is 0 Å². The molecular formula is C17H34N2O4S2. The number of hydrogen-bond donors (Lipinski definition) is 2. The molecule has 0 spiro atoms. The number of esters is 2. The molecule has 0 rings (SSSR count). The van der Waals surface area contributed by atoms with Crippen LogP contribution in [0.4, 0.5) is 0 Å². The summed E-state index contributed by atoms with van der Waals surface area (Å²) in [5.74, 6) is 0.605. The first-order valence-corrected chi connectivity index (χ1v) is 10.3. The Labute approximate surface area is 163 Å². The second-order valence-corrected chi connectivity index (χ2v) is 6.50. The molecule has 0 fully saturated rings. The normalized spacial score (nSPS) is 11.1. The molecule has 0 aromatic carbocycles. The number of thiol groups is 2.